The number of benzene rings is 1. The van der Waals surface area contributed by atoms with Gasteiger partial charge in [-0.05, 0) is 31.5 Å². The molecule has 1 aliphatic rings. The van der Waals surface area contributed by atoms with Gasteiger partial charge in [0.15, 0.2) is 0 Å². The van der Waals surface area contributed by atoms with E-state index < -0.39 is 0 Å². The third-order valence-electron chi connectivity index (χ3n) is 4.64. The summed E-state index contributed by atoms with van der Waals surface area (Å²) in [5, 5.41) is 3.65. The van der Waals surface area contributed by atoms with Crippen LogP contribution in [0.4, 0.5) is 11.5 Å². The van der Waals surface area contributed by atoms with Crippen LogP contribution in [0.3, 0.4) is 0 Å². The second kappa shape index (κ2) is 8.36. The Bertz CT molecular complexity index is 744. The summed E-state index contributed by atoms with van der Waals surface area (Å²) in [6.07, 6.45) is 4.12. The molecule has 3 rings (SSSR count). The van der Waals surface area contributed by atoms with Crippen molar-refractivity contribution in [3.05, 3.63) is 47.4 Å². The summed E-state index contributed by atoms with van der Waals surface area (Å²) in [5.74, 6) is 0.625. The molecule has 1 aromatic heterocycles. The second-order valence-corrected chi connectivity index (χ2v) is 6.93. The van der Waals surface area contributed by atoms with Crippen molar-refractivity contribution < 1.29 is 4.79 Å². The normalized spacial score (nSPS) is 15.7. The molecule has 1 aliphatic heterocycles. The van der Waals surface area contributed by atoms with Crippen molar-refractivity contribution >= 4 is 29.0 Å². The minimum Gasteiger partial charge on any atom is -0.368 e. The highest BCUT2D eigenvalue weighted by molar-refractivity contribution is 6.30. The summed E-state index contributed by atoms with van der Waals surface area (Å²) >= 11 is 6.08. The third-order valence-corrected chi connectivity index (χ3v) is 4.87. The van der Waals surface area contributed by atoms with E-state index in [4.69, 9.17) is 11.6 Å². The van der Waals surface area contributed by atoms with Crippen molar-refractivity contribution in [1.82, 2.24) is 15.3 Å². The van der Waals surface area contributed by atoms with Gasteiger partial charge in [-0.2, -0.15) is 0 Å². The Hall–Kier alpha value is -2.34. The molecule has 0 spiro atoms. The van der Waals surface area contributed by atoms with Gasteiger partial charge in [0, 0.05) is 42.9 Å². The maximum atomic E-state index is 12.1. The smallest absolute Gasteiger partial charge is 0.271 e. The lowest BCUT2D eigenvalue weighted by molar-refractivity contribution is 0.0934. The van der Waals surface area contributed by atoms with Gasteiger partial charge in [-0.3, -0.25) is 4.79 Å². The summed E-state index contributed by atoms with van der Waals surface area (Å²) < 4.78 is 0. The van der Waals surface area contributed by atoms with Gasteiger partial charge < -0.3 is 15.1 Å². The van der Waals surface area contributed by atoms with Crippen molar-refractivity contribution in [2.45, 2.75) is 26.3 Å². The number of anilines is 2. The number of amides is 1. The van der Waals surface area contributed by atoms with E-state index in [2.05, 4.69) is 31.2 Å². The van der Waals surface area contributed by atoms with E-state index >= 15 is 0 Å². The number of piperazine rings is 1. The van der Waals surface area contributed by atoms with Gasteiger partial charge in [0.05, 0.1) is 12.4 Å². The highest BCUT2D eigenvalue weighted by atomic mass is 35.5. The first-order chi connectivity index (χ1) is 12.6. The molecule has 1 fully saturated rings. The Kier molecular flexibility index (Phi) is 5.93. The summed E-state index contributed by atoms with van der Waals surface area (Å²) in [6, 6.07) is 8.05. The van der Waals surface area contributed by atoms with Gasteiger partial charge in [0.25, 0.3) is 5.91 Å². The number of halogens is 1. The average molecular weight is 374 g/mol. The predicted molar refractivity (Wildman–Crippen MR) is 105 cm³/mol. The molecule has 0 saturated carbocycles. The van der Waals surface area contributed by atoms with Crippen LogP contribution in [0, 0.1) is 0 Å². The first kappa shape index (κ1) is 18.5. The monoisotopic (exact) mass is 373 g/mol. The van der Waals surface area contributed by atoms with E-state index in [0.717, 1.165) is 49.1 Å². The van der Waals surface area contributed by atoms with Crippen LogP contribution in [0.15, 0.2) is 36.7 Å². The minimum atomic E-state index is -0.177. The molecule has 1 N–H and O–H groups in total. The molecule has 26 heavy (non-hydrogen) atoms. The van der Waals surface area contributed by atoms with Gasteiger partial charge in [-0.1, -0.05) is 24.6 Å². The largest absolute Gasteiger partial charge is 0.368 e. The zero-order chi connectivity index (χ0) is 18.5. The van der Waals surface area contributed by atoms with Crippen LogP contribution in [0.5, 0.6) is 0 Å². The molecular weight excluding hydrogens is 350 g/mol. The molecule has 6 nitrogen and oxygen atoms in total. The molecule has 1 amide bonds. The number of nitrogens with one attached hydrogen (secondary N) is 1. The second-order valence-electron chi connectivity index (χ2n) is 6.50. The predicted octanol–water partition coefficient (Wildman–Crippen LogP) is 2.98. The van der Waals surface area contributed by atoms with E-state index in [9.17, 15) is 4.79 Å². The molecule has 1 aromatic carbocycles. The molecule has 1 atom stereocenters. The Morgan fingerprint density at radius 2 is 1.92 bits per heavy atom. The van der Waals surface area contributed by atoms with Crippen LogP contribution in [-0.2, 0) is 0 Å². The fourth-order valence-electron chi connectivity index (χ4n) is 2.87. The number of hydrogen-bond donors (Lipinski definition) is 1. The van der Waals surface area contributed by atoms with E-state index in [1.807, 2.05) is 32.0 Å². The topological polar surface area (TPSA) is 61.4 Å². The zero-order valence-corrected chi connectivity index (χ0v) is 15.9. The van der Waals surface area contributed by atoms with Gasteiger partial charge >= 0.3 is 0 Å². The Balaban J connectivity index is 1.58. The fourth-order valence-corrected chi connectivity index (χ4v) is 3.05. The van der Waals surface area contributed by atoms with Crippen LogP contribution in [0.1, 0.15) is 30.8 Å². The van der Waals surface area contributed by atoms with Gasteiger partial charge in [0.1, 0.15) is 11.5 Å². The van der Waals surface area contributed by atoms with E-state index in [0.29, 0.717) is 5.69 Å². The number of carbonyl (C=O) groups is 1. The van der Waals surface area contributed by atoms with Crippen LogP contribution < -0.4 is 15.1 Å². The SMILES string of the molecule is CCC(C)NC(=O)c1cnc(N2CCN(c3cccc(Cl)c3)CC2)cn1. The Labute approximate surface area is 159 Å². The number of nitrogens with zero attached hydrogens (tertiary/aromatic N) is 4. The summed E-state index contributed by atoms with van der Waals surface area (Å²) in [7, 11) is 0. The molecule has 1 unspecified atom stereocenters. The van der Waals surface area contributed by atoms with Crippen molar-refractivity contribution in [1.29, 1.82) is 0 Å². The molecule has 0 aliphatic carbocycles. The lowest BCUT2D eigenvalue weighted by atomic mass is 10.2. The highest BCUT2D eigenvalue weighted by Gasteiger charge is 2.19. The van der Waals surface area contributed by atoms with Crippen LogP contribution in [-0.4, -0.2) is 48.1 Å². The fraction of sp³-hybridized carbons (Fsp3) is 0.421. The Morgan fingerprint density at radius 1 is 1.19 bits per heavy atom. The zero-order valence-electron chi connectivity index (χ0n) is 15.2. The summed E-state index contributed by atoms with van der Waals surface area (Å²) in [6.45, 7) is 7.47. The maximum absolute atomic E-state index is 12.1. The van der Waals surface area contributed by atoms with E-state index in [1.165, 1.54) is 0 Å². The minimum absolute atomic E-state index is 0.128. The Morgan fingerprint density at radius 3 is 2.54 bits per heavy atom. The van der Waals surface area contributed by atoms with Gasteiger partial charge in [-0.25, -0.2) is 9.97 Å². The standard InChI is InChI=1S/C19H24ClN5O/c1-3-14(2)23-19(26)17-12-22-18(13-21-17)25-9-7-24(8-10-25)16-6-4-5-15(20)11-16/h4-6,11-14H,3,7-10H2,1-2H3,(H,23,26). The molecule has 0 radical (unpaired) electrons. The number of carbonyl (C=O) groups excluding carboxylic acids is 1. The third kappa shape index (κ3) is 4.43. The molecule has 0 bridgehead atoms. The molecule has 7 heteroatoms. The first-order valence-corrected chi connectivity index (χ1v) is 9.33. The maximum Gasteiger partial charge on any atom is 0.271 e. The van der Waals surface area contributed by atoms with Crippen LogP contribution in [0.25, 0.3) is 0 Å². The molecule has 138 valence electrons. The number of hydrogen-bond acceptors (Lipinski definition) is 5. The quantitative estimate of drug-likeness (QED) is 0.873. The van der Waals surface area contributed by atoms with E-state index in [-0.39, 0.29) is 11.9 Å². The summed E-state index contributed by atoms with van der Waals surface area (Å²) in [4.78, 5) is 25.3. The first-order valence-electron chi connectivity index (χ1n) is 8.95. The van der Waals surface area contributed by atoms with Crippen molar-refractivity contribution in [3.63, 3.8) is 0 Å². The van der Waals surface area contributed by atoms with Gasteiger partial charge in [-0.15, -0.1) is 0 Å². The average Bonchev–Trinajstić information content (AvgIpc) is 2.68. The molecule has 2 heterocycles. The molecular formula is C19H24ClN5O. The van der Waals surface area contributed by atoms with Crippen LogP contribution in [0.2, 0.25) is 5.02 Å². The van der Waals surface area contributed by atoms with E-state index in [1.54, 1.807) is 12.4 Å². The van der Waals surface area contributed by atoms with Crippen LogP contribution >= 0.6 is 11.6 Å². The number of aromatic nitrogens is 2. The molecule has 2 aromatic rings. The van der Waals surface area contributed by atoms with Gasteiger partial charge in [0.2, 0.25) is 0 Å². The number of rotatable bonds is 5. The lowest BCUT2D eigenvalue weighted by Gasteiger charge is -2.36. The summed E-state index contributed by atoms with van der Waals surface area (Å²) in [5.41, 5.74) is 1.49. The van der Waals surface area contributed by atoms with Crippen molar-refractivity contribution in [2.75, 3.05) is 36.0 Å². The lowest BCUT2D eigenvalue weighted by Crippen LogP contribution is -2.46. The van der Waals surface area contributed by atoms with Crippen molar-refractivity contribution in [3.8, 4) is 0 Å². The highest BCUT2D eigenvalue weighted by Crippen LogP contribution is 2.22. The van der Waals surface area contributed by atoms with Crippen molar-refractivity contribution in [2.24, 2.45) is 0 Å². The molecule has 1 saturated heterocycles.